The number of carbonyl (C=O) groups is 2. The van der Waals surface area contributed by atoms with Crippen molar-refractivity contribution in [2.45, 2.75) is 39.2 Å². The summed E-state index contributed by atoms with van der Waals surface area (Å²) in [6.07, 6.45) is 7.08. The predicted molar refractivity (Wildman–Crippen MR) is 88.0 cm³/mol. The minimum Gasteiger partial charge on any atom is -0.359 e. The molecule has 0 aliphatic carbocycles. The first-order valence-corrected chi connectivity index (χ1v) is 8.31. The summed E-state index contributed by atoms with van der Waals surface area (Å²) < 4.78 is 2.15. The predicted octanol–water partition coefficient (Wildman–Crippen LogP) is 1.14. The van der Waals surface area contributed by atoms with Crippen LogP contribution in [0.1, 0.15) is 31.5 Å². The molecule has 1 aromatic heterocycles. The Kier molecular flexibility index (Phi) is 6.43. The Balaban J connectivity index is 1.73. The first kappa shape index (κ1) is 17.3. The lowest BCUT2D eigenvalue weighted by Gasteiger charge is -2.33. The Morgan fingerprint density at radius 3 is 2.96 bits per heavy atom. The summed E-state index contributed by atoms with van der Waals surface area (Å²) in [5.74, 6) is 1.49. The Labute approximate surface area is 137 Å². The van der Waals surface area contributed by atoms with Crippen LogP contribution in [0, 0.1) is 12.8 Å². The number of nitrogens with one attached hydrogen (secondary N) is 2. The molecular formula is C16H27N5O2. The summed E-state index contributed by atoms with van der Waals surface area (Å²) in [5, 5.41) is 5.49. The van der Waals surface area contributed by atoms with E-state index in [-0.39, 0.29) is 11.9 Å². The van der Waals surface area contributed by atoms with Gasteiger partial charge in [0.05, 0.1) is 0 Å². The maximum atomic E-state index is 12.2. The Bertz CT molecular complexity index is 528. The van der Waals surface area contributed by atoms with Crippen molar-refractivity contribution >= 4 is 11.9 Å². The molecule has 1 aromatic rings. The van der Waals surface area contributed by atoms with Crippen LogP contribution >= 0.6 is 0 Å². The smallest absolute Gasteiger partial charge is 0.317 e. The second kappa shape index (κ2) is 8.55. The van der Waals surface area contributed by atoms with Gasteiger partial charge in [-0.05, 0) is 32.1 Å². The SMILES string of the molecule is CNC(=O)CCCNC(=O)N1CCCC(Cn2ccnc2C)C1. The van der Waals surface area contributed by atoms with Crippen LogP contribution in [-0.2, 0) is 11.3 Å². The fraction of sp³-hybridized carbons (Fsp3) is 0.688. The van der Waals surface area contributed by atoms with Crippen LogP contribution in [-0.4, -0.2) is 53.1 Å². The van der Waals surface area contributed by atoms with Gasteiger partial charge < -0.3 is 20.1 Å². The molecule has 1 atom stereocenters. The highest BCUT2D eigenvalue weighted by atomic mass is 16.2. The summed E-state index contributed by atoms with van der Waals surface area (Å²) in [6.45, 7) is 5.03. The van der Waals surface area contributed by atoms with Gasteiger partial charge in [0.1, 0.15) is 5.82 Å². The molecule has 2 heterocycles. The van der Waals surface area contributed by atoms with E-state index in [1.165, 1.54) is 0 Å². The number of rotatable bonds is 6. The van der Waals surface area contributed by atoms with Crippen LogP contribution in [0.2, 0.25) is 0 Å². The number of hydrogen-bond acceptors (Lipinski definition) is 3. The van der Waals surface area contributed by atoms with E-state index in [0.29, 0.717) is 25.3 Å². The largest absolute Gasteiger partial charge is 0.359 e. The minimum absolute atomic E-state index is 0.00740. The van der Waals surface area contributed by atoms with Crippen molar-refractivity contribution in [3.63, 3.8) is 0 Å². The standard InChI is InChI=1S/C16H27N5O2/c1-13-18-8-10-20(13)11-14-5-4-9-21(12-14)16(23)19-7-3-6-15(22)17-2/h8,10,14H,3-7,9,11-12H2,1-2H3,(H,17,22)(H,19,23). The fourth-order valence-corrected chi connectivity index (χ4v) is 2.95. The molecule has 3 amide bonds. The fourth-order valence-electron chi connectivity index (χ4n) is 2.95. The van der Waals surface area contributed by atoms with E-state index in [4.69, 9.17) is 0 Å². The molecule has 7 heteroatoms. The van der Waals surface area contributed by atoms with Crippen LogP contribution < -0.4 is 10.6 Å². The molecule has 0 saturated carbocycles. The van der Waals surface area contributed by atoms with E-state index in [0.717, 1.165) is 38.3 Å². The van der Waals surface area contributed by atoms with E-state index >= 15 is 0 Å². The first-order chi connectivity index (χ1) is 11.1. The topological polar surface area (TPSA) is 79.3 Å². The van der Waals surface area contributed by atoms with Gasteiger partial charge in [-0.25, -0.2) is 9.78 Å². The van der Waals surface area contributed by atoms with Gasteiger partial charge in [0.15, 0.2) is 0 Å². The molecule has 1 aliphatic rings. The van der Waals surface area contributed by atoms with Gasteiger partial charge in [-0.2, -0.15) is 0 Å². The lowest BCUT2D eigenvalue weighted by molar-refractivity contribution is -0.120. The second-order valence-electron chi connectivity index (χ2n) is 6.09. The number of nitrogens with zero attached hydrogens (tertiary/aromatic N) is 3. The third-order valence-corrected chi connectivity index (χ3v) is 4.32. The summed E-state index contributed by atoms with van der Waals surface area (Å²) in [5.41, 5.74) is 0. The molecular weight excluding hydrogens is 294 g/mol. The number of urea groups is 1. The molecule has 1 fully saturated rings. The molecule has 23 heavy (non-hydrogen) atoms. The van der Waals surface area contributed by atoms with E-state index in [2.05, 4.69) is 20.2 Å². The number of aromatic nitrogens is 2. The Morgan fingerprint density at radius 1 is 1.43 bits per heavy atom. The molecule has 128 valence electrons. The molecule has 1 saturated heterocycles. The van der Waals surface area contributed by atoms with Crippen molar-refractivity contribution in [1.82, 2.24) is 25.1 Å². The maximum Gasteiger partial charge on any atom is 0.317 e. The number of aryl methyl sites for hydroxylation is 1. The lowest BCUT2D eigenvalue weighted by Crippen LogP contribution is -2.46. The van der Waals surface area contributed by atoms with Crippen molar-refractivity contribution < 1.29 is 9.59 Å². The average molecular weight is 321 g/mol. The molecule has 0 aromatic carbocycles. The molecule has 2 rings (SSSR count). The van der Waals surface area contributed by atoms with Gasteiger partial charge in [-0.1, -0.05) is 0 Å². The highest BCUT2D eigenvalue weighted by Crippen LogP contribution is 2.19. The van der Waals surface area contributed by atoms with Gasteiger partial charge in [0.2, 0.25) is 5.91 Å². The van der Waals surface area contributed by atoms with Gasteiger partial charge >= 0.3 is 6.03 Å². The Hall–Kier alpha value is -2.05. The number of carbonyl (C=O) groups excluding carboxylic acids is 2. The summed E-state index contributed by atoms with van der Waals surface area (Å²) in [7, 11) is 1.62. The molecule has 7 nitrogen and oxygen atoms in total. The molecule has 0 bridgehead atoms. The van der Waals surface area contributed by atoms with Crippen molar-refractivity contribution in [3.05, 3.63) is 18.2 Å². The summed E-state index contributed by atoms with van der Waals surface area (Å²) in [6, 6.07) is -0.0195. The third kappa shape index (κ3) is 5.26. The molecule has 2 N–H and O–H groups in total. The first-order valence-electron chi connectivity index (χ1n) is 8.31. The monoisotopic (exact) mass is 321 g/mol. The van der Waals surface area contributed by atoms with Crippen molar-refractivity contribution in [2.75, 3.05) is 26.7 Å². The Morgan fingerprint density at radius 2 is 2.26 bits per heavy atom. The van der Waals surface area contributed by atoms with Crippen LogP contribution in [0.25, 0.3) is 0 Å². The van der Waals surface area contributed by atoms with Gasteiger partial charge in [-0.15, -0.1) is 0 Å². The number of piperidine rings is 1. The number of imidazole rings is 1. The number of amides is 3. The van der Waals surface area contributed by atoms with E-state index < -0.39 is 0 Å². The van der Waals surface area contributed by atoms with Gasteiger partial charge in [-0.3, -0.25) is 4.79 Å². The van der Waals surface area contributed by atoms with Crippen LogP contribution in [0.3, 0.4) is 0 Å². The second-order valence-corrected chi connectivity index (χ2v) is 6.09. The van der Waals surface area contributed by atoms with Gasteiger partial charge in [0.25, 0.3) is 0 Å². The molecule has 1 unspecified atom stereocenters. The quantitative estimate of drug-likeness (QED) is 0.771. The normalized spacial score (nSPS) is 17.8. The number of likely N-dealkylation sites (tertiary alicyclic amines) is 1. The molecule has 0 radical (unpaired) electrons. The van der Waals surface area contributed by atoms with Crippen molar-refractivity contribution in [3.8, 4) is 0 Å². The molecule has 0 spiro atoms. The third-order valence-electron chi connectivity index (χ3n) is 4.32. The van der Waals surface area contributed by atoms with Crippen LogP contribution in [0.4, 0.5) is 4.79 Å². The van der Waals surface area contributed by atoms with E-state index in [9.17, 15) is 9.59 Å². The lowest BCUT2D eigenvalue weighted by atomic mass is 9.98. The summed E-state index contributed by atoms with van der Waals surface area (Å²) in [4.78, 5) is 29.5. The van der Waals surface area contributed by atoms with Crippen molar-refractivity contribution in [2.24, 2.45) is 5.92 Å². The van der Waals surface area contributed by atoms with E-state index in [1.807, 2.05) is 24.2 Å². The zero-order valence-corrected chi connectivity index (χ0v) is 14.0. The zero-order valence-electron chi connectivity index (χ0n) is 14.0. The molecule has 1 aliphatic heterocycles. The maximum absolute atomic E-state index is 12.2. The number of hydrogen-bond donors (Lipinski definition) is 2. The van der Waals surface area contributed by atoms with Gasteiger partial charge in [0, 0.05) is 52.0 Å². The van der Waals surface area contributed by atoms with E-state index in [1.54, 1.807) is 7.05 Å². The van der Waals surface area contributed by atoms with Crippen LogP contribution in [0.5, 0.6) is 0 Å². The summed E-state index contributed by atoms with van der Waals surface area (Å²) >= 11 is 0. The highest BCUT2D eigenvalue weighted by molar-refractivity contribution is 5.76. The highest BCUT2D eigenvalue weighted by Gasteiger charge is 2.23. The van der Waals surface area contributed by atoms with Crippen molar-refractivity contribution in [1.29, 1.82) is 0 Å². The zero-order chi connectivity index (χ0) is 16.7. The minimum atomic E-state index is -0.0195. The van der Waals surface area contributed by atoms with Crippen LogP contribution in [0.15, 0.2) is 12.4 Å². The average Bonchev–Trinajstić information content (AvgIpc) is 2.96.